The number of thiol groups is 1. The third-order valence-corrected chi connectivity index (χ3v) is 9.55. The molecule has 196 valence electrons. The molecule has 1 atom stereocenters. The number of carbonyl (C=O) groups excluding carboxylic acids is 3. The number of hydrogen-bond donors (Lipinski definition) is 3. The SMILES string of the molecule is O=C(CSc1cccc2c1-c1cccc(NC(=O)CS)c1C2)NC1=CCC2(C=C1Br)CC(=O)c1ccccc12. The van der Waals surface area contributed by atoms with Gasteiger partial charge in [-0.05, 0) is 62.3 Å². The third-order valence-electron chi connectivity index (χ3n) is 7.55. The zero-order chi connectivity index (χ0) is 27.1. The summed E-state index contributed by atoms with van der Waals surface area (Å²) in [5.41, 5.74) is 7.49. The first-order valence-electron chi connectivity index (χ1n) is 12.7. The van der Waals surface area contributed by atoms with E-state index in [4.69, 9.17) is 0 Å². The highest BCUT2D eigenvalue weighted by Gasteiger charge is 2.42. The van der Waals surface area contributed by atoms with Crippen molar-refractivity contribution in [3.05, 3.63) is 105 Å². The molecule has 0 aromatic heterocycles. The second kappa shape index (κ2) is 10.5. The van der Waals surface area contributed by atoms with E-state index < -0.39 is 0 Å². The van der Waals surface area contributed by atoms with Crippen LogP contribution in [0.5, 0.6) is 0 Å². The molecular formula is C31H25BrN2O3S2. The van der Waals surface area contributed by atoms with Crippen molar-refractivity contribution in [3.8, 4) is 11.1 Å². The van der Waals surface area contributed by atoms with Crippen LogP contribution in [0.15, 0.2) is 87.9 Å². The highest BCUT2D eigenvalue weighted by molar-refractivity contribution is 9.12. The Balaban J connectivity index is 1.15. The van der Waals surface area contributed by atoms with Crippen molar-refractivity contribution in [3.63, 3.8) is 0 Å². The van der Waals surface area contributed by atoms with E-state index in [1.165, 1.54) is 17.3 Å². The highest BCUT2D eigenvalue weighted by atomic mass is 79.9. The van der Waals surface area contributed by atoms with Crippen LogP contribution in [0, 0.1) is 0 Å². The van der Waals surface area contributed by atoms with Gasteiger partial charge in [0.2, 0.25) is 11.8 Å². The van der Waals surface area contributed by atoms with Gasteiger partial charge in [-0.2, -0.15) is 12.6 Å². The van der Waals surface area contributed by atoms with Gasteiger partial charge in [0.1, 0.15) is 0 Å². The Labute approximate surface area is 245 Å². The summed E-state index contributed by atoms with van der Waals surface area (Å²) in [7, 11) is 0. The Hall–Kier alpha value is -3.07. The Bertz CT molecular complexity index is 1610. The molecule has 0 bridgehead atoms. The number of Topliss-reactive ketones (excluding diaryl/α,β-unsaturated/α-hetero) is 1. The number of rotatable bonds is 6. The van der Waals surface area contributed by atoms with Gasteiger partial charge in [0.25, 0.3) is 0 Å². The number of anilines is 1. The fourth-order valence-corrected chi connectivity index (χ4v) is 7.51. The van der Waals surface area contributed by atoms with Crippen LogP contribution in [-0.4, -0.2) is 29.1 Å². The minimum absolute atomic E-state index is 0.0962. The number of allylic oxidation sites excluding steroid dienone is 3. The predicted molar refractivity (Wildman–Crippen MR) is 163 cm³/mol. The van der Waals surface area contributed by atoms with E-state index in [1.807, 2.05) is 54.6 Å². The lowest BCUT2D eigenvalue weighted by atomic mass is 9.76. The van der Waals surface area contributed by atoms with Gasteiger partial charge < -0.3 is 10.6 Å². The number of carbonyl (C=O) groups is 3. The maximum Gasteiger partial charge on any atom is 0.234 e. The molecule has 5 nitrogen and oxygen atoms in total. The molecule has 0 heterocycles. The molecule has 0 saturated heterocycles. The first-order chi connectivity index (χ1) is 18.9. The smallest absolute Gasteiger partial charge is 0.234 e. The van der Waals surface area contributed by atoms with E-state index in [0.29, 0.717) is 12.8 Å². The molecule has 2 N–H and O–H groups in total. The molecule has 3 aromatic carbocycles. The van der Waals surface area contributed by atoms with E-state index in [-0.39, 0.29) is 34.5 Å². The van der Waals surface area contributed by atoms with Gasteiger partial charge in [-0.15, -0.1) is 11.8 Å². The van der Waals surface area contributed by atoms with Crippen LogP contribution in [0.4, 0.5) is 5.69 Å². The molecule has 0 saturated carbocycles. The maximum atomic E-state index is 13.0. The molecular weight excluding hydrogens is 592 g/mol. The monoisotopic (exact) mass is 616 g/mol. The fraction of sp³-hybridized carbons (Fsp3) is 0.194. The minimum atomic E-state index is -0.362. The molecule has 3 aliphatic rings. The molecule has 1 spiro atoms. The van der Waals surface area contributed by atoms with E-state index >= 15 is 0 Å². The largest absolute Gasteiger partial charge is 0.325 e. The van der Waals surface area contributed by atoms with Crippen LogP contribution in [0.3, 0.4) is 0 Å². The van der Waals surface area contributed by atoms with Crippen LogP contribution < -0.4 is 10.6 Å². The summed E-state index contributed by atoms with van der Waals surface area (Å²) in [6.45, 7) is 0. The zero-order valence-corrected chi connectivity index (χ0v) is 24.2. The second-order valence-electron chi connectivity index (χ2n) is 9.96. The molecule has 8 heteroatoms. The number of nitrogens with one attached hydrogen (secondary N) is 2. The first-order valence-corrected chi connectivity index (χ1v) is 15.1. The molecule has 0 fully saturated rings. The summed E-state index contributed by atoms with van der Waals surface area (Å²) >= 11 is 9.23. The number of thioether (sulfide) groups is 1. The normalized spacial score (nSPS) is 18.7. The minimum Gasteiger partial charge on any atom is -0.325 e. The Morgan fingerprint density at radius 3 is 2.59 bits per heavy atom. The Kier molecular flexibility index (Phi) is 7.04. The number of fused-ring (bicyclic) bond motifs is 5. The molecule has 2 amide bonds. The third kappa shape index (κ3) is 4.79. The summed E-state index contributed by atoms with van der Waals surface area (Å²) in [5.74, 6) is 0.307. The number of ketones is 1. The zero-order valence-electron chi connectivity index (χ0n) is 20.9. The maximum absolute atomic E-state index is 13.0. The van der Waals surface area contributed by atoms with Crippen LogP contribution in [0.25, 0.3) is 11.1 Å². The molecule has 6 rings (SSSR count). The lowest BCUT2D eigenvalue weighted by Gasteiger charge is -2.29. The van der Waals surface area contributed by atoms with E-state index in [1.54, 1.807) is 0 Å². The fourth-order valence-electron chi connectivity index (χ4n) is 5.81. The summed E-state index contributed by atoms with van der Waals surface area (Å²) in [6, 6.07) is 19.9. The Morgan fingerprint density at radius 1 is 0.974 bits per heavy atom. The van der Waals surface area contributed by atoms with Crippen molar-refractivity contribution < 1.29 is 14.4 Å². The van der Waals surface area contributed by atoms with Crippen molar-refractivity contribution in [1.82, 2.24) is 5.32 Å². The summed E-state index contributed by atoms with van der Waals surface area (Å²) < 4.78 is 0.793. The summed E-state index contributed by atoms with van der Waals surface area (Å²) in [5, 5.41) is 6.00. The first kappa shape index (κ1) is 26.2. The molecule has 1 unspecified atom stereocenters. The van der Waals surface area contributed by atoms with Crippen molar-refractivity contribution in [2.75, 3.05) is 16.8 Å². The molecule has 0 aliphatic heterocycles. The van der Waals surface area contributed by atoms with Gasteiger partial charge in [0, 0.05) is 38.9 Å². The number of hydrogen-bond acceptors (Lipinski definition) is 5. The molecule has 3 aromatic rings. The van der Waals surface area contributed by atoms with Gasteiger partial charge in [0.15, 0.2) is 5.78 Å². The van der Waals surface area contributed by atoms with E-state index in [2.05, 4.69) is 57.4 Å². The van der Waals surface area contributed by atoms with Gasteiger partial charge in [0.05, 0.1) is 17.2 Å². The highest BCUT2D eigenvalue weighted by Crippen LogP contribution is 2.47. The molecule has 3 aliphatic carbocycles. The van der Waals surface area contributed by atoms with Crippen molar-refractivity contribution >= 4 is 63.6 Å². The van der Waals surface area contributed by atoms with Gasteiger partial charge >= 0.3 is 0 Å². The second-order valence-corrected chi connectivity index (χ2v) is 12.1. The van der Waals surface area contributed by atoms with Crippen molar-refractivity contribution in [2.45, 2.75) is 29.6 Å². The predicted octanol–water partition coefficient (Wildman–Crippen LogP) is 6.43. The quantitative estimate of drug-likeness (QED) is 0.172. The van der Waals surface area contributed by atoms with E-state index in [0.717, 1.165) is 55.0 Å². The van der Waals surface area contributed by atoms with Crippen LogP contribution >= 0.6 is 40.3 Å². The average Bonchev–Trinajstić information content (AvgIpc) is 3.45. The lowest BCUT2D eigenvalue weighted by molar-refractivity contribution is -0.118. The Morgan fingerprint density at radius 2 is 1.77 bits per heavy atom. The van der Waals surface area contributed by atoms with Crippen LogP contribution in [-0.2, 0) is 21.4 Å². The van der Waals surface area contributed by atoms with Gasteiger partial charge in [-0.25, -0.2) is 0 Å². The van der Waals surface area contributed by atoms with Gasteiger partial charge in [-0.3, -0.25) is 14.4 Å². The number of halogens is 1. The van der Waals surface area contributed by atoms with E-state index in [9.17, 15) is 14.4 Å². The van der Waals surface area contributed by atoms with Gasteiger partial charge in [-0.1, -0.05) is 60.7 Å². The topological polar surface area (TPSA) is 75.3 Å². The summed E-state index contributed by atoms with van der Waals surface area (Å²) in [6.07, 6.45) is 5.91. The average molecular weight is 618 g/mol. The van der Waals surface area contributed by atoms with Crippen molar-refractivity contribution in [2.24, 2.45) is 0 Å². The summed E-state index contributed by atoms with van der Waals surface area (Å²) in [4.78, 5) is 38.6. The molecule has 0 radical (unpaired) electrons. The van der Waals surface area contributed by atoms with Crippen LogP contribution in [0.1, 0.15) is 39.9 Å². The van der Waals surface area contributed by atoms with Crippen LogP contribution in [0.2, 0.25) is 0 Å². The van der Waals surface area contributed by atoms with Crippen molar-refractivity contribution in [1.29, 1.82) is 0 Å². The number of amides is 2. The molecule has 39 heavy (non-hydrogen) atoms. The lowest BCUT2D eigenvalue weighted by Crippen LogP contribution is -2.30. The number of benzene rings is 3. The standard InChI is InChI=1S/C31H25BrN2O3S2/c32-23-14-31(15-26(35)20-6-1-2-8-22(20)31)12-11-25(23)34-29(37)17-39-27-10-3-5-18-13-21-19(30(18)27)7-4-9-24(21)33-28(36)16-38/h1-11,14,38H,12-13,15-17H2,(H,33,36)(H,34,37).